The first-order valence-electron chi connectivity index (χ1n) is 15.0. The Morgan fingerprint density at radius 3 is 2.54 bits per heavy atom. The highest BCUT2D eigenvalue weighted by atomic mass is 32.1. The van der Waals surface area contributed by atoms with Gasteiger partial charge in [0.1, 0.15) is 5.75 Å². The van der Waals surface area contributed by atoms with Crippen LogP contribution in [0.2, 0.25) is 0 Å². The molecule has 1 fully saturated rings. The van der Waals surface area contributed by atoms with Crippen LogP contribution in [0.5, 0.6) is 5.75 Å². The van der Waals surface area contributed by atoms with Crippen LogP contribution in [0.1, 0.15) is 51.9 Å². The summed E-state index contributed by atoms with van der Waals surface area (Å²) in [4.78, 5) is 30.4. The molecule has 1 aliphatic rings. The number of piperazine rings is 1. The number of anilines is 1. The lowest BCUT2D eigenvalue weighted by Gasteiger charge is -2.36. The number of hydrogen-bond donors (Lipinski definition) is 0. The van der Waals surface area contributed by atoms with Gasteiger partial charge in [0.15, 0.2) is 0 Å². The molecular formula is C33H41N3O4S. The van der Waals surface area contributed by atoms with Gasteiger partial charge in [-0.05, 0) is 73.0 Å². The Kier molecular flexibility index (Phi) is 10.3. The normalized spacial score (nSPS) is 14.1. The van der Waals surface area contributed by atoms with E-state index in [0.29, 0.717) is 24.5 Å². The van der Waals surface area contributed by atoms with E-state index in [1.165, 1.54) is 34.7 Å². The minimum absolute atomic E-state index is 0.321. The quantitative estimate of drug-likeness (QED) is 0.158. The van der Waals surface area contributed by atoms with E-state index in [1.54, 1.807) is 23.5 Å². The van der Waals surface area contributed by atoms with Crippen molar-refractivity contribution in [2.45, 2.75) is 51.9 Å². The Hall–Kier alpha value is -3.36. The second kappa shape index (κ2) is 14.5. The maximum absolute atomic E-state index is 12.8. The Balaban J connectivity index is 1.07. The third-order valence-corrected chi connectivity index (χ3v) is 8.73. The van der Waals surface area contributed by atoms with Crippen molar-refractivity contribution in [1.29, 1.82) is 0 Å². The van der Waals surface area contributed by atoms with Crippen LogP contribution in [-0.4, -0.2) is 61.5 Å². The van der Waals surface area contributed by atoms with Gasteiger partial charge in [-0.15, -0.1) is 11.3 Å². The Morgan fingerprint density at radius 2 is 1.68 bits per heavy atom. The standard InChI is InChI=1S/C33H41N3O4S/c1-2-3-4-5-7-23-40-33(38)36-30-25-27(14-12-26(30)13-15-32(36)37)39-22-8-6-17-34-18-20-35(21-19-34)29-10-9-11-31-28(29)16-24-41-31/h9-16,24-25H,2-8,17-23H2,1H3. The van der Waals surface area contributed by atoms with E-state index in [2.05, 4.69) is 46.4 Å². The van der Waals surface area contributed by atoms with Crippen molar-refractivity contribution in [3.63, 3.8) is 0 Å². The van der Waals surface area contributed by atoms with E-state index in [9.17, 15) is 9.59 Å². The minimum atomic E-state index is -0.625. The first-order chi connectivity index (χ1) is 20.1. The summed E-state index contributed by atoms with van der Waals surface area (Å²) < 4.78 is 13.9. The zero-order valence-electron chi connectivity index (χ0n) is 24.1. The van der Waals surface area contributed by atoms with Gasteiger partial charge in [-0.2, -0.15) is 0 Å². The van der Waals surface area contributed by atoms with Crippen molar-refractivity contribution in [2.24, 2.45) is 0 Å². The van der Waals surface area contributed by atoms with Crippen molar-refractivity contribution < 1.29 is 14.3 Å². The number of benzene rings is 2. The summed E-state index contributed by atoms with van der Waals surface area (Å²) in [5.74, 6) is 0.653. The highest BCUT2D eigenvalue weighted by molar-refractivity contribution is 7.17. The third kappa shape index (κ3) is 7.49. The molecule has 0 unspecified atom stereocenters. The first-order valence-corrected chi connectivity index (χ1v) is 15.9. The molecule has 0 atom stereocenters. The number of thiophene rings is 1. The van der Waals surface area contributed by atoms with Crippen LogP contribution in [0.3, 0.4) is 0 Å². The smallest absolute Gasteiger partial charge is 0.421 e. The van der Waals surface area contributed by atoms with Gasteiger partial charge in [-0.25, -0.2) is 9.36 Å². The highest BCUT2D eigenvalue weighted by Crippen LogP contribution is 2.31. The second-order valence-corrected chi connectivity index (χ2v) is 11.7. The van der Waals surface area contributed by atoms with Crippen LogP contribution < -0.4 is 15.2 Å². The summed E-state index contributed by atoms with van der Waals surface area (Å²) in [6.45, 7) is 8.36. The summed E-state index contributed by atoms with van der Waals surface area (Å²) in [5.41, 5.74) is 1.48. The molecule has 0 saturated carbocycles. The van der Waals surface area contributed by atoms with E-state index in [-0.39, 0.29) is 0 Å². The fourth-order valence-electron chi connectivity index (χ4n) is 5.51. The number of carbonyl (C=O) groups excluding carboxylic acids is 1. The predicted octanol–water partition coefficient (Wildman–Crippen LogP) is 7.15. The number of pyridine rings is 1. The van der Waals surface area contributed by atoms with Gasteiger partial charge in [0, 0.05) is 54.1 Å². The molecule has 3 heterocycles. The summed E-state index contributed by atoms with van der Waals surface area (Å²) in [5, 5.41) is 4.34. The molecule has 0 aliphatic carbocycles. The molecule has 4 aromatic rings. The molecule has 218 valence electrons. The number of unbranched alkanes of at least 4 members (excludes halogenated alkanes) is 5. The molecule has 2 aromatic carbocycles. The molecule has 0 amide bonds. The van der Waals surface area contributed by atoms with E-state index < -0.39 is 11.7 Å². The van der Waals surface area contributed by atoms with Gasteiger partial charge < -0.3 is 14.4 Å². The summed E-state index contributed by atoms with van der Waals surface area (Å²) >= 11 is 1.80. The van der Waals surface area contributed by atoms with E-state index >= 15 is 0 Å². The van der Waals surface area contributed by atoms with Crippen LogP contribution >= 0.6 is 11.3 Å². The topological polar surface area (TPSA) is 64.0 Å². The molecule has 1 saturated heterocycles. The lowest BCUT2D eigenvalue weighted by Crippen LogP contribution is -2.46. The number of carbonyl (C=O) groups is 1. The van der Waals surface area contributed by atoms with Gasteiger partial charge >= 0.3 is 6.09 Å². The van der Waals surface area contributed by atoms with Crippen LogP contribution in [0.15, 0.2) is 64.8 Å². The molecule has 8 heteroatoms. The van der Waals surface area contributed by atoms with Crippen molar-refractivity contribution >= 4 is 44.1 Å². The first kappa shape index (κ1) is 29.1. The molecule has 0 bridgehead atoms. The van der Waals surface area contributed by atoms with Gasteiger partial charge in [-0.3, -0.25) is 9.69 Å². The van der Waals surface area contributed by atoms with E-state index in [4.69, 9.17) is 9.47 Å². The lowest BCUT2D eigenvalue weighted by atomic mass is 10.2. The van der Waals surface area contributed by atoms with E-state index in [1.807, 2.05) is 12.1 Å². The van der Waals surface area contributed by atoms with Gasteiger partial charge in [0.05, 0.1) is 18.7 Å². The average molecular weight is 576 g/mol. The number of hydrogen-bond acceptors (Lipinski definition) is 7. The van der Waals surface area contributed by atoms with Crippen molar-refractivity contribution in [3.8, 4) is 5.75 Å². The summed E-state index contributed by atoms with van der Waals surface area (Å²) in [6, 6.07) is 17.5. The van der Waals surface area contributed by atoms with Crippen molar-refractivity contribution in [3.05, 3.63) is 70.3 Å². The molecule has 41 heavy (non-hydrogen) atoms. The van der Waals surface area contributed by atoms with Gasteiger partial charge in [0.25, 0.3) is 5.56 Å². The minimum Gasteiger partial charge on any atom is -0.494 e. The SMILES string of the molecule is CCCCCCCOC(=O)n1c(=O)ccc2ccc(OCCCCN3CCN(c4cccc5sccc45)CC3)cc21. The molecule has 0 spiro atoms. The van der Waals surface area contributed by atoms with Crippen molar-refractivity contribution in [2.75, 3.05) is 50.8 Å². The monoisotopic (exact) mass is 575 g/mol. The zero-order valence-corrected chi connectivity index (χ0v) is 24.9. The van der Waals surface area contributed by atoms with Gasteiger partial charge in [-0.1, -0.05) is 38.7 Å². The fourth-order valence-corrected chi connectivity index (χ4v) is 6.32. The zero-order chi connectivity index (χ0) is 28.4. The Bertz CT molecular complexity index is 1490. The third-order valence-electron chi connectivity index (χ3n) is 7.85. The molecule has 7 nitrogen and oxygen atoms in total. The largest absolute Gasteiger partial charge is 0.494 e. The average Bonchev–Trinajstić information content (AvgIpc) is 3.48. The van der Waals surface area contributed by atoms with Crippen LogP contribution in [0.25, 0.3) is 21.0 Å². The molecule has 2 aromatic heterocycles. The van der Waals surface area contributed by atoms with Crippen LogP contribution in [-0.2, 0) is 4.74 Å². The predicted molar refractivity (Wildman–Crippen MR) is 169 cm³/mol. The molecular weight excluding hydrogens is 534 g/mol. The van der Waals surface area contributed by atoms with Crippen LogP contribution in [0.4, 0.5) is 10.5 Å². The van der Waals surface area contributed by atoms with Crippen LogP contribution in [0, 0.1) is 0 Å². The number of rotatable bonds is 13. The molecule has 5 rings (SSSR count). The second-order valence-electron chi connectivity index (χ2n) is 10.7. The fraction of sp³-hybridized carbons (Fsp3) is 0.455. The number of aromatic nitrogens is 1. The maximum atomic E-state index is 12.8. The molecule has 0 radical (unpaired) electrons. The molecule has 1 aliphatic heterocycles. The lowest BCUT2D eigenvalue weighted by molar-refractivity contribution is 0.145. The molecule has 0 N–H and O–H groups in total. The number of ether oxygens (including phenoxy) is 2. The Morgan fingerprint density at radius 1 is 0.878 bits per heavy atom. The number of fused-ring (bicyclic) bond motifs is 2. The van der Waals surface area contributed by atoms with Gasteiger partial charge in [0.2, 0.25) is 0 Å². The summed E-state index contributed by atoms with van der Waals surface area (Å²) in [6.07, 6.45) is 6.68. The Labute approximate surface area is 246 Å². The number of nitrogens with zero attached hydrogens (tertiary/aromatic N) is 3. The van der Waals surface area contributed by atoms with Crippen molar-refractivity contribution in [1.82, 2.24) is 9.47 Å². The van der Waals surface area contributed by atoms with E-state index in [0.717, 1.165) is 74.8 Å². The highest BCUT2D eigenvalue weighted by Gasteiger charge is 2.19. The maximum Gasteiger partial charge on any atom is 0.421 e. The summed E-state index contributed by atoms with van der Waals surface area (Å²) in [7, 11) is 0.